The van der Waals surface area contributed by atoms with E-state index in [2.05, 4.69) is 5.32 Å². The van der Waals surface area contributed by atoms with Crippen molar-refractivity contribution in [2.75, 3.05) is 53.0 Å². The molecule has 1 amide bonds. The molecule has 1 rings (SSSR count). The molecule has 3 N–H and O–H groups in total. The average Bonchev–Trinajstić information content (AvgIpc) is 2.33. The van der Waals surface area contributed by atoms with Crippen LogP contribution in [-0.4, -0.2) is 76.5 Å². The standard InChI is InChI=1S/C9H20N4O4S/c1-17-7-2-11-8-9(14)12-3-5-13(6-4-12)18(10,15)16/h11H,2-8H2,1H3,(H2,10,15,16). The van der Waals surface area contributed by atoms with Crippen LogP contribution in [0.15, 0.2) is 0 Å². The lowest BCUT2D eigenvalue weighted by Gasteiger charge is -2.33. The Balaban J connectivity index is 2.28. The highest BCUT2D eigenvalue weighted by Crippen LogP contribution is 2.04. The molecule has 106 valence electrons. The third-order valence-electron chi connectivity index (χ3n) is 2.71. The number of hydrogen-bond acceptors (Lipinski definition) is 5. The molecule has 1 heterocycles. The minimum Gasteiger partial charge on any atom is -0.383 e. The van der Waals surface area contributed by atoms with Crippen molar-refractivity contribution in [3.8, 4) is 0 Å². The highest BCUT2D eigenvalue weighted by Gasteiger charge is 2.25. The number of nitrogens with one attached hydrogen (secondary N) is 1. The van der Waals surface area contributed by atoms with Gasteiger partial charge in [0.2, 0.25) is 5.91 Å². The first-order valence-electron chi connectivity index (χ1n) is 5.70. The van der Waals surface area contributed by atoms with Gasteiger partial charge in [0.15, 0.2) is 0 Å². The Bertz CT molecular complexity index is 365. The van der Waals surface area contributed by atoms with Crippen LogP contribution in [0.2, 0.25) is 0 Å². The summed E-state index contributed by atoms with van der Waals surface area (Å²) in [6.45, 7) is 2.65. The predicted octanol–water partition coefficient (Wildman–Crippen LogP) is -2.43. The fourth-order valence-electron chi connectivity index (χ4n) is 1.67. The van der Waals surface area contributed by atoms with Gasteiger partial charge in [0, 0.05) is 39.8 Å². The molecule has 0 spiro atoms. The van der Waals surface area contributed by atoms with E-state index in [1.54, 1.807) is 12.0 Å². The largest absolute Gasteiger partial charge is 0.383 e. The fourth-order valence-corrected chi connectivity index (χ4v) is 2.35. The van der Waals surface area contributed by atoms with E-state index >= 15 is 0 Å². The van der Waals surface area contributed by atoms with E-state index in [1.807, 2.05) is 0 Å². The Morgan fingerprint density at radius 1 is 1.33 bits per heavy atom. The summed E-state index contributed by atoms with van der Waals surface area (Å²) in [6.07, 6.45) is 0. The van der Waals surface area contributed by atoms with Crippen LogP contribution in [-0.2, 0) is 19.7 Å². The van der Waals surface area contributed by atoms with E-state index < -0.39 is 10.2 Å². The molecule has 0 aromatic carbocycles. The van der Waals surface area contributed by atoms with Gasteiger partial charge in [-0.3, -0.25) is 4.79 Å². The molecule has 0 aliphatic carbocycles. The van der Waals surface area contributed by atoms with E-state index in [-0.39, 0.29) is 25.5 Å². The molecule has 0 aromatic heterocycles. The van der Waals surface area contributed by atoms with Crippen LogP contribution in [0, 0.1) is 0 Å². The topological polar surface area (TPSA) is 105 Å². The molecule has 0 bridgehead atoms. The van der Waals surface area contributed by atoms with E-state index in [0.717, 1.165) is 0 Å². The molecule has 9 heteroatoms. The van der Waals surface area contributed by atoms with Gasteiger partial charge in [-0.15, -0.1) is 0 Å². The summed E-state index contributed by atoms with van der Waals surface area (Å²) in [6, 6.07) is 0. The van der Waals surface area contributed by atoms with Crippen LogP contribution in [0.5, 0.6) is 0 Å². The third-order valence-corrected chi connectivity index (χ3v) is 3.80. The Morgan fingerprint density at radius 3 is 2.44 bits per heavy atom. The first-order chi connectivity index (χ1) is 8.45. The van der Waals surface area contributed by atoms with E-state index in [4.69, 9.17) is 9.88 Å². The van der Waals surface area contributed by atoms with Gasteiger partial charge in [-0.2, -0.15) is 12.7 Å². The average molecular weight is 280 g/mol. The maximum absolute atomic E-state index is 11.7. The van der Waals surface area contributed by atoms with Crippen molar-refractivity contribution in [3.05, 3.63) is 0 Å². The fraction of sp³-hybridized carbons (Fsp3) is 0.889. The summed E-state index contributed by atoms with van der Waals surface area (Å²) in [5.41, 5.74) is 0. The molecule has 8 nitrogen and oxygen atoms in total. The second-order valence-corrected chi connectivity index (χ2v) is 5.54. The zero-order valence-corrected chi connectivity index (χ0v) is 11.3. The normalized spacial score (nSPS) is 18.0. The summed E-state index contributed by atoms with van der Waals surface area (Å²) >= 11 is 0. The van der Waals surface area contributed by atoms with Gasteiger partial charge in [0.1, 0.15) is 0 Å². The molecule has 1 saturated heterocycles. The zero-order valence-electron chi connectivity index (χ0n) is 10.5. The van der Waals surface area contributed by atoms with Crippen molar-refractivity contribution in [1.82, 2.24) is 14.5 Å². The summed E-state index contributed by atoms with van der Waals surface area (Å²) in [5.74, 6) is -0.0415. The first-order valence-corrected chi connectivity index (χ1v) is 7.21. The predicted molar refractivity (Wildman–Crippen MR) is 66.0 cm³/mol. The van der Waals surface area contributed by atoms with Crippen molar-refractivity contribution < 1.29 is 17.9 Å². The summed E-state index contributed by atoms with van der Waals surface area (Å²) in [7, 11) is -2.04. The SMILES string of the molecule is COCCNCC(=O)N1CCN(S(N)(=O)=O)CC1. The number of methoxy groups -OCH3 is 1. The smallest absolute Gasteiger partial charge is 0.277 e. The Labute approximate surface area is 107 Å². The second-order valence-electron chi connectivity index (χ2n) is 3.99. The molecule has 0 atom stereocenters. The maximum atomic E-state index is 11.7. The highest BCUT2D eigenvalue weighted by atomic mass is 32.2. The Kier molecular flexibility index (Phi) is 5.96. The molecular weight excluding hydrogens is 260 g/mol. The van der Waals surface area contributed by atoms with Gasteiger partial charge >= 0.3 is 0 Å². The molecule has 18 heavy (non-hydrogen) atoms. The van der Waals surface area contributed by atoms with Crippen LogP contribution < -0.4 is 10.5 Å². The highest BCUT2D eigenvalue weighted by molar-refractivity contribution is 7.86. The second kappa shape index (κ2) is 7.00. The summed E-state index contributed by atoms with van der Waals surface area (Å²) in [4.78, 5) is 13.4. The van der Waals surface area contributed by atoms with E-state index in [0.29, 0.717) is 26.2 Å². The Morgan fingerprint density at radius 2 is 1.94 bits per heavy atom. The van der Waals surface area contributed by atoms with Crippen molar-refractivity contribution in [2.24, 2.45) is 5.14 Å². The quantitative estimate of drug-likeness (QED) is 0.526. The molecule has 0 radical (unpaired) electrons. The number of piperazine rings is 1. The van der Waals surface area contributed by atoms with Crippen molar-refractivity contribution in [3.63, 3.8) is 0 Å². The molecular formula is C9H20N4O4S. The lowest BCUT2D eigenvalue weighted by Crippen LogP contribution is -2.53. The first kappa shape index (κ1) is 15.3. The van der Waals surface area contributed by atoms with Crippen molar-refractivity contribution >= 4 is 16.1 Å². The number of rotatable bonds is 6. The molecule has 1 aliphatic heterocycles. The molecule has 0 saturated carbocycles. The molecule has 1 fully saturated rings. The van der Waals surface area contributed by atoms with Gasteiger partial charge in [-0.05, 0) is 0 Å². The number of carbonyl (C=O) groups excluding carboxylic acids is 1. The lowest BCUT2D eigenvalue weighted by atomic mass is 10.3. The minimum atomic E-state index is -3.64. The molecule has 0 unspecified atom stereocenters. The summed E-state index contributed by atoms with van der Waals surface area (Å²) in [5, 5.41) is 7.97. The minimum absolute atomic E-state index is 0.0415. The molecule has 0 aromatic rings. The van der Waals surface area contributed by atoms with Gasteiger partial charge in [-0.25, -0.2) is 5.14 Å². The number of nitrogens with zero attached hydrogens (tertiary/aromatic N) is 2. The van der Waals surface area contributed by atoms with Crippen molar-refractivity contribution in [2.45, 2.75) is 0 Å². The van der Waals surface area contributed by atoms with Crippen LogP contribution in [0.1, 0.15) is 0 Å². The van der Waals surface area contributed by atoms with Crippen LogP contribution in [0.3, 0.4) is 0 Å². The van der Waals surface area contributed by atoms with Gasteiger partial charge < -0.3 is 15.0 Å². The number of nitrogens with two attached hydrogens (primary N) is 1. The van der Waals surface area contributed by atoms with E-state index in [1.165, 1.54) is 4.31 Å². The number of amides is 1. The van der Waals surface area contributed by atoms with Crippen molar-refractivity contribution in [1.29, 1.82) is 0 Å². The third kappa shape index (κ3) is 4.86. The number of hydrogen-bond donors (Lipinski definition) is 2. The van der Waals surface area contributed by atoms with Gasteiger partial charge in [-0.1, -0.05) is 0 Å². The van der Waals surface area contributed by atoms with Gasteiger partial charge in [0.25, 0.3) is 10.2 Å². The molecule has 1 aliphatic rings. The van der Waals surface area contributed by atoms with Crippen LogP contribution in [0.25, 0.3) is 0 Å². The summed E-state index contributed by atoms with van der Waals surface area (Å²) < 4.78 is 28.2. The zero-order chi connectivity index (χ0) is 13.6. The Hall–Kier alpha value is -0.740. The maximum Gasteiger partial charge on any atom is 0.277 e. The number of carbonyl (C=O) groups is 1. The van der Waals surface area contributed by atoms with Crippen LogP contribution in [0.4, 0.5) is 0 Å². The van der Waals surface area contributed by atoms with Gasteiger partial charge in [0.05, 0.1) is 13.2 Å². The number of ether oxygens (including phenoxy) is 1. The van der Waals surface area contributed by atoms with Crippen LogP contribution >= 0.6 is 0 Å². The van der Waals surface area contributed by atoms with E-state index in [9.17, 15) is 13.2 Å². The monoisotopic (exact) mass is 280 g/mol. The lowest BCUT2D eigenvalue weighted by molar-refractivity contribution is -0.131.